The highest BCUT2D eigenvalue weighted by molar-refractivity contribution is 5.69. The van der Waals surface area contributed by atoms with E-state index in [2.05, 4.69) is 0 Å². The van der Waals surface area contributed by atoms with Crippen molar-refractivity contribution in [3.8, 4) is 5.75 Å². The number of carbonyl (C=O) groups excluding carboxylic acids is 1. The highest BCUT2D eigenvalue weighted by atomic mass is 16.6. The molecule has 0 atom stereocenters. The molecule has 0 aromatic heterocycles. The van der Waals surface area contributed by atoms with Gasteiger partial charge in [-0.15, -0.1) is 0 Å². The van der Waals surface area contributed by atoms with Gasteiger partial charge in [0, 0.05) is 12.1 Å². The van der Waals surface area contributed by atoms with E-state index in [-0.39, 0.29) is 18.1 Å². The van der Waals surface area contributed by atoms with Crippen molar-refractivity contribution in [2.45, 2.75) is 32.8 Å². The molecule has 248 valence electrons. The first kappa shape index (κ1) is 38.6. The van der Waals surface area contributed by atoms with E-state index in [1.807, 2.05) is 20.8 Å². The fourth-order valence-corrected chi connectivity index (χ4v) is 3.07. The van der Waals surface area contributed by atoms with Crippen molar-refractivity contribution in [1.82, 2.24) is 0 Å². The van der Waals surface area contributed by atoms with Gasteiger partial charge < -0.3 is 47.4 Å². The first-order valence-corrected chi connectivity index (χ1v) is 14.5. The van der Waals surface area contributed by atoms with Gasteiger partial charge in [0.2, 0.25) is 0 Å². The number of hydrogen-bond donors (Lipinski definition) is 0. The molecule has 1 rings (SSSR count). The molecule has 1 aromatic carbocycles. The number of rotatable bonds is 29. The summed E-state index contributed by atoms with van der Waals surface area (Å²) in [6.45, 7) is 12.9. The zero-order valence-electron chi connectivity index (χ0n) is 25.8. The predicted molar refractivity (Wildman–Crippen MR) is 156 cm³/mol. The number of carbonyl (C=O) groups is 1. The van der Waals surface area contributed by atoms with E-state index >= 15 is 0 Å². The zero-order valence-corrected chi connectivity index (χ0v) is 25.8. The molecule has 0 heterocycles. The molecule has 0 aliphatic rings. The van der Waals surface area contributed by atoms with Crippen molar-refractivity contribution < 1.29 is 57.1 Å². The second-order valence-corrected chi connectivity index (χ2v) is 9.83. The molecule has 1 aromatic rings. The average Bonchev–Trinajstić information content (AvgIpc) is 2.96. The highest BCUT2D eigenvalue weighted by Gasteiger charge is 2.15. The van der Waals surface area contributed by atoms with E-state index in [1.165, 1.54) is 12.1 Å². The maximum Gasteiger partial charge on any atom is 0.308 e. The largest absolute Gasteiger partial charge is 0.491 e. The normalized spacial score (nSPS) is 11.5. The van der Waals surface area contributed by atoms with E-state index in [4.69, 9.17) is 47.4 Å². The predicted octanol–water partition coefficient (Wildman–Crippen LogP) is 2.84. The average molecular weight is 620 g/mol. The number of non-ortho nitro benzene ring substituents is 1. The van der Waals surface area contributed by atoms with E-state index in [1.54, 1.807) is 12.1 Å². The molecule has 0 aliphatic carbocycles. The summed E-state index contributed by atoms with van der Waals surface area (Å²) >= 11 is 0. The SMILES string of the molecule is CC(C)(C)OC(=O)CCOCCOCCOCCOCCOCCOCCOCCOCCOc1ccc([N+](=O)[O-])cc1. The van der Waals surface area contributed by atoms with Crippen LogP contribution >= 0.6 is 0 Å². The molecule has 0 saturated heterocycles. The monoisotopic (exact) mass is 619 g/mol. The molecule has 0 spiro atoms. The van der Waals surface area contributed by atoms with Crippen molar-refractivity contribution in [3.63, 3.8) is 0 Å². The minimum atomic E-state index is -0.479. The van der Waals surface area contributed by atoms with Crippen LogP contribution < -0.4 is 4.74 Å². The Morgan fingerprint density at radius 1 is 0.581 bits per heavy atom. The first-order chi connectivity index (χ1) is 20.8. The number of ether oxygens (including phenoxy) is 10. The molecule has 0 unspecified atom stereocenters. The fraction of sp³-hybridized carbons (Fsp3) is 0.759. The van der Waals surface area contributed by atoms with Gasteiger partial charge in [-0.1, -0.05) is 0 Å². The van der Waals surface area contributed by atoms with Crippen molar-refractivity contribution in [2.24, 2.45) is 0 Å². The van der Waals surface area contributed by atoms with Gasteiger partial charge in [-0.2, -0.15) is 0 Å². The van der Waals surface area contributed by atoms with E-state index in [0.29, 0.717) is 118 Å². The van der Waals surface area contributed by atoms with E-state index in [0.717, 1.165) is 0 Å². The van der Waals surface area contributed by atoms with Gasteiger partial charge >= 0.3 is 5.97 Å². The van der Waals surface area contributed by atoms with Crippen LogP contribution in [0, 0.1) is 10.1 Å². The first-order valence-electron chi connectivity index (χ1n) is 14.5. The molecule has 0 bridgehead atoms. The van der Waals surface area contributed by atoms with Crippen LogP contribution in [0.3, 0.4) is 0 Å². The standard InChI is InChI=1S/C29H49NO13/c1-29(2,3)43-28(31)8-9-34-10-11-35-12-13-36-14-15-37-16-17-38-18-19-39-20-21-40-22-23-41-24-25-42-27-6-4-26(5-7-27)30(32)33/h4-7H,8-25H2,1-3H3. The number of nitro benzene ring substituents is 1. The molecule has 0 radical (unpaired) electrons. The Kier molecular flexibility index (Phi) is 23.3. The van der Waals surface area contributed by atoms with Gasteiger partial charge in [0.1, 0.15) is 18.0 Å². The summed E-state index contributed by atoms with van der Waals surface area (Å²) in [5.74, 6) is 0.281. The van der Waals surface area contributed by atoms with Gasteiger partial charge in [-0.05, 0) is 32.9 Å². The Labute approximate surface area is 254 Å². The second kappa shape index (κ2) is 26.0. The lowest BCUT2D eigenvalue weighted by atomic mass is 10.2. The smallest absolute Gasteiger partial charge is 0.308 e. The van der Waals surface area contributed by atoms with Gasteiger partial charge in [0.15, 0.2) is 0 Å². The molecule has 43 heavy (non-hydrogen) atoms. The summed E-state index contributed by atoms with van der Waals surface area (Å²) in [4.78, 5) is 21.7. The molecular formula is C29H49NO13. The Hall–Kier alpha value is -2.43. The van der Waals surface area contributed by atoms with Crippen LogP contribution in [-0.4, -0.2) is 129 Å². The Balaban J connectivity index is 1.70. The molecule has 14 heteroatoms. The summed E-state index contributed by atoms with van der Waals surface area (Å²) < 4.78 is 54.0. The maximum absolute atomic E-state index is 11.5. The fourth-order valence-electron chi connectivity index (χ4n) is 3.07. The Morgan fingerprint density at radius 3 is 1.23 bits per heavy atom. The van der Waals surface area contributed by atoms with Gasteiger partial charge in [0.25, 0.3) is 5.69 Å². The highest BCUT2D eigenvalue weighted by Crippen LogP contribution is 2.17. The number of esters is 1. The third-order valence-electron chi connectivity index (χ3n) is 5.02. The van der Waals surface area contributed by atoms with Crippen LogP contribution in [0.4, 0.5) is 5.69 Å². The van der Waals surface area contributed by atoms with Gasteiger partial charge in [-0.25, -0.2) is 0 Å². The van der Waals surface area contributed by atoms with Crippen molar-refractivity contribution in [3.05, 3.63) is 34.4 Å². The zero-order chi connectivity index (χ0) is 31.4. The van der Waals surface area contributed by atoms with Crippen LogP contribution in [0.15, 0.2) is 24.3 Å². The summed E-state index contributed by atoms with van der Waals surface area (Å²) in [5, 5.41) is 10.6. The molecule has 0 aliphatic heterocycles. The minimum Gasteiger partial charge on any atom is -0.491 e. The molecule has 0 saturated carbocycles. The molecule has 14 nitrogen and oxygen atoms in total. The quantitative estimate of drug-likeness (QED) is 0.0560. The third-order valence-corrected chi connectivity index (χ3v) is 5.02. The molecule has 0 N–H and O–H groups in total. The minimum absolute atomic E-state index is 0.0229. The number of nitrogens with zero attached hydrogens (tertiary/aromatic N) is 1. The van der Waals surface area contributed by atoms with Crippen LogP contribution in [0.5, 0.6) is 5.75 Å². The van der Waals surface area contributed by atoms with Crippen molar-refractivity contribution >= 4 is 11.7 Å². The second-order valence-electron chi connectivity index (χ2n) is 9.83. The van der Waals surface area contributed by atoms with E-state index in [9.17, 15) is 14.9 Å². The van der Waals surface area contributed by atoms with E-state index < -0.39 is 10.5 Å². The third kappa shape index (κ3) is 25.8. The van der Waals surface area contributed by atoms with Crippen molar-refractivity contribution in [1.29, 1.82) is 0 Å². The lowest BCUT2D eigenvalue weighted by Gasteiger charge is -2.19. The number of hydrogen-bond acceptors (Lipinski definition) is 13. The van der Waals surface area contributed by atoms with Crippen LogP contribution in [0.1, 0.15) is 27.2 Å². The molecular weight excluding hydrogens is 570 g/mol. The molecule has 0 fully saturated rings. The van der Waals surface area contributed by atoms with Gasteiger partial charge in [-0.3, -0.25) is 14.9 Å². The maximum atomic E-state index is 11.5. The lowest BCUT2D eigenvalue weighted by molar-refractivity contribution is -0.384. The van der Waals surface area contributed by atoms with Gasteiger partial charge in [0.05, 0.1) is 117 Å². The Morgan fingerprint density at radius 2 is 0.907 bits per heavy atom. The topological polar surface area (TPSA) is 153 Å². The van der Waals surface area contributed by atoms with Crippen molar-refractivity contribution in [2.75, 3.05) is 112 Å². The lowest BCUT2D eigenvalue weighted by Crippen LogP contribution is -2.24. The summed E-state index contributed by atoms with van der Waals surface area (Å²) in [6, 6.07) is 5.90. The van der Waals surface area contributed by atoms with Crippen LogP contribution in [0.2, 0.25) is 0 Å². The summed E-state index contributed by atoms with van der Waals surface area (Å²) in [5.41, 5.74) is -0.456. The van der Waals surface area contributed by atoms with Crippen LogP contribution in [-0.2, 0) is 47.4 Å². The Bertz CT molecular complexity index is 818. The van der Waals surface area contributed by atoms with Crippen LogP contribution in [0.25, 0.3) is 0 Å². The number of nitro groups is 1. The summed E-state index contributed by atoms with van der Waals surface area (Å²) in [6.07, 6.45) is 0.225. The number of benzene rings is 1. The molecule has 0 amide bonds. The summed E-state index contributed by atoms with van der Waals surface area (Å²) in [7, 11) is 0.